The maximum Gasteiger partial charge on any atom is 0.407 e. The molecular weight excluding hydrogens is 586 g/mol. The summed E-state index contributed by atoms with van der Waals surface area (Å²) in [6, 6.07) is 11.2. The molecule has 3 saturated heterocycles. The van der Waals surface area contributed by atoms with Gasteiger partial charge < -0.3 is 35.0 Å². The second-order valence-electron chi connectivity index (χ2n) is 13.3. The number of morpholine rings is 1. The van der Waals surface area contributed by atoms with E-state index in [9.17, 15) is 24.6 Å². The molecule has 3 fully saturated rings. The van der Waals surface area contributed by atoms with Gasteiger partial charge in [-0.05, 0) is 74.3 Å². The van der Waals surface area contributed by atoms with Crippen LogP contribution in [0.2, 0.25) is 0 Å². The molecule has 4 amide bonds. The van der Waals surface area contributed by atoms with E-state index in [0.717, 1.165) is 47.2 Å². The summed E-state index contributed by atoms with van der Waals surface area (Å²) >= 11 is 0. The van der Waals surface area contributed by atoms with Crippen molar-refractivity contribution >= 4 is 23.7 Å². The summed E-state index contributed by atoms with van der Waals surface area (Å²) in [6.45, 7) is 8.25. The molecule has 1 unspecified atom stereocenters. The van der Waals surface area contributed by atoms with Gasteiger partial charge in [0.15, 0.2) is 0 Å². The standard InChI is InChI=1S/C35H47N5O6/c1-24-21-26(22-25(2)31(24)41)23-28(30-9-5-6-13-39(30)34(44)45)32(42)37-15-11-35(12-16-37,38-17-19-46-20-18-38)40-14-10-27-7-3-4-8-29(27)36-33(40)43/h3-4,7-8,21-22,28,30,41H,5-6,9-20,23H2,1-2H3,(H,36,43)(H,44,45)/t28-,30?/m1/s1. The first-order valence-electron chi connectivity index (χ1n) is 16.7. The minimum Gasteiger partial charge on any atom is -0.507 e. The number of carbonyl (C=O) groups excluding carboxylic acids is 2. The van der Waals surface area contributed by atoms with Gasteiger partial charge in [-0.1, -0.05) is 30.3 Å². The maximum absolute atomic E-state index is 14.6. The third kappa shape index (κ3) is 6.27. The number of piperidine rings is 2. The summed E-state index contributed by atoms with van der Waals surface area (Å²) in [7, 11) is 0. The predicted octanol–water partition coefficient (Wildman–Crippen LogP) is 4.44. The zero-order valence-corrected chi connectivity index (χ0v) is 27.0. The molecule has 46 heavy (non-hydrogen) atoms. The lowest BCUT2D eigenvalue weighted by Gasteiger charge is -2.55. The van der Waals surface area contributed by atoms with Crippen LogP contribution in [-0.2, 0) is 22.4 Å². The summed E-state index contributed by atoms with van der Waals surface area (Å²) in [5.74, 6) is -0.343. The van der Waals surface area contributed by atoms with Crippen LogP contribution in [-0.4, -0.2) is 112 Å². The van der Waals surface area contributed by atoms with Gasteiger partial charge in [0.25, 0.3) is 0 Å². The molecule has 6 rings (SSSR count). The van der Waals surface area contributed by atoms with Crippen LogP contribution in [0, 0.1) is 19.8 Å². The zero-order chi connectivity index (χ0) is 32.4. The number of rotatable bonds is 6. The van der Waals surface area contributed by atoms with Crippen LogP contribution in [0.25, 0.3) is 0 Å². The Morgan fingerprint density at radius 2 is 1.70 bits per heavy atom. The van der Waals surface area contributed by atoms with Crippen LogP contribution in [0.3, 0.4) is 0 Å². The lowest BCUT2D eigenvalue weighted by molar-refractivity contribution is -0.147. The largest absolute Gasteiger partial charge is 0.507 e. The molecule has 2 aromatic rings. The van der Waals surface area contributed by atoms with E-state index in [-0.39, 0.29) is 17.7 Å². The SMILES string of the molecule is Cc1cc(C[C@@H](C(=O)N2CCC(N3CCOCC3)(N3CCc4ccccc4NC3=O)CC2)C2CCCCN2C(=O)O)cc(C)c1O. The van der Waals surface area contributed by atoms with Crippen LogP contribution >= 0.6 is 0 Å². The number of aromatic hydroxyl groups is 1. The third-order valence-electron chi connectivity index (χ3n) is 10.7. The minimum atomic E-state index is -0.987. The number of para-hydroxylation sites is 1. The van der Waals surface area contributed by atoms with Crippen LogP contribution in [0.15, 0.2) is 36.4 Å². The minimum absolute atomic E-state index is 0.0372. The van der Waals surface area contributed by atoms with Crippen LogP contribution in [0.5, 0.6) is 5.75 Å². The highest BCUT2D eigenvalue weighted by molar-refractivity contribution is 5.91. The monoisotopic (exact) mass is 633 g/mol. The Morgan fingerprint density at radius 3 is 2.39 bits per heavy atom. The van der Waals surface area contributed by atoms with Gasteiger partial charge in [0.2, 0.25) is 5.91 Å². The molecule has 11 nitrogen and oxygen atoms in total. The fourth-order valence-corrected chi connectivity index (χ4v) is 8.25. The van der Waals surface area contributed by atoms with Crippen LogP contribution < -0.4 is 5.32 Å². The second-order valence-corrected chi connectivity index (χ2v) is 13.3. The van der Waals surface area contributed by atoms with E-state index < -0.39 is 23.7 Å². The quantitative estimate of drug-likeness (QED) is 0.430. The number of hydrogen-bond donors (Lipinski definition) is 3. The average molecular weight is 634 g/mol. The number of fused-ring (bicyclic) bond motifs is 1. The molecule has 0 saturated carbocycles. The van der Waals surface area contributed by atoms with Gasteiger partial charge in [-0.3, -0.25) is 9.69 Å². The Morgan fingerprint density at radius 1 is 1.00 bits per heavy atom. The molecule has 4 aliphatic heterocycles. The number of aryl methyl sites for hydroxylation is 2. The molecule has 0 radical (unpaired) electrons. The first-order valence-corrected chi connectivity index (χ1v) is 16.7. The molecule has 0 aromatic heterocycles. The molecule has 4 heterocycles. The molecule has 0 spiro atoms. The van der Waals surface area contributed by atoms with Crippen molar-refractivity contribution in [3.63, 3.8) is 0 Å². The number of ether oxygens (including phenoxy) is 1. The van der Waals surface area contributed by atoms with Gasteiger partial charge in [-0.25, -0.2) is 9.59 Å². The highest BCUT2D eigenvalue weighted by atomic mass is 16.5. The van der Waals surface area contributed by atoms with Gasteiger partial charge in [0.1, 0.15) is 11.4 Å². The molecule has 0 aliphatic carbocycles. The van der Waals surface area contributed by atoms with Gasteiger partial charge in [-0.2, -0.15) is 0 Å². The highest BCUT2D eigenvalue weighted by Gasteiger charge is 2.49. The highest BCUT2D eigenvalue weighted by Crippen LogP contribution is 2.38. The van der Waals surface area contributed by atoms with Crippen molar-refractivity contribution in [2.75, 3.05) is 57.8 Å². The summed E-state index contributed by atoms with van der Waals surface area (Å²) < 4.78 is 5.70. The topological polar surface area (TPSA) is 126 Å². The average Bonchev–Trinajstić information content (AvgIpc) is 3.24. The molecule has 11 heteroatoms. The Bertz CT molecular complexity index is 1430. The smallest absolute Gasteiger partial charge is 0.407 e. The molecular formula is C35H47N5O6. The predicted molar refractivity (Wildman–Crippen MR) is 174 cm³/mol. The normalized spacial score (nSPS) is 22.9. The molecule has 2 atom stereocenters. The van der Waals surface area contributed by atoms with Crippen molar-refractivity contribution in [3.05, 3.63) is 58.7 Å². The molecule has 248 valence electrons. The van der Waals surface area contributed by atoms with Crippen molar-refractivity contribution in [2.45, 2.75) is 70.5 Å². The van der Waals surface area contributed by atoms with Crippen molar-refractivity contribution in [1.82, 2.24) is 19.6 Å². The number of amides is 4. The van der Waals surface area contributed by atoms with E-state index in [2.05, 4.69) is 16.3 Å². The number of phenolic OH excluding ortho intramolecular Hbond substituents is 1. The van der Waals surface area contributed by atoms with Crippen molar-refractivity contribution in [2.24, 2.45) is 5.92 Å². The molecule has 2 aromatic carbocycles. The maximum atomic E-state index is 14.6. The van der Waals surface area contributed by atoms with Crippen LogP contribution in [0.4, 0.5) is 15.3 Å². The number of nitrogens with zero attached hydrogens (tertiary/aromatic N) is 4. The second kappa shape index (κ2) is 13.5. The number of carbonyl (C=O) groups is 3. The number of likely N-dealkylation sites (tertiary alicyclic amines) is 2. The Hall–Kier alpha value is -3.83. The van der Waals surface area contributed by atoms with E-state index in [0.29, 0.717) is 78.2 Å². The van der Waals surface area contributed by atoms with Gasteiger partial charge in [0.05, 0.1) is 19.1 Å². The van der Waals surface area contributed by atoms with Crippen LogP contribution in [0.1, 0.15) is 54.4 Å². The molecule has 3 N–H and O–H groups in total. The summed E-state index contributed by atoms with van der Waals surface area (Å²) in [5, 5.41) is 23.7. The molecule has 0 bridgehead atoms. The fourth-order valence-electron chi connectivity index (χ4n) is 8.25. The van der Waals surface area contributed by atoms with E-state index in [1.807, 2.05) is 54.0 Å². The summed E-state index contributed by atoms with van der Waals surface area (Å²) in [4.78, 5) is 48.5. The van der Waals surface area contributed by atoms with E-state index in [4.69, 9.17) is 4.74 Å². The Kier molecular flexibility index (Phi) is 9.42. The summed E-state index contributed by atoms with van der Waals surface area (Å²) in [6.07, 6.45) is 3.64. The Balaban J connectivity index is 1.27. The Labute approximate surface area is 271 Å². The van der Waals surface area contributed by atoms with Gasteiger partial charge >= 0.3 is 12.1 Å². The van der Waals surface area contributed by atoms with Crippen molar-refractivity contribution in [1.29, 1.82) is 0 Å². The van der Waals surface area contributed by atoms with E-state index in [1.54, 1.807) is 0 Å². The van der Waals surface area contributed by atoms with Crippen molar-refractivity contribution < 1.29 is 29.3 Å². The van der Waals surface area contributed by atoms with E-state index >= 15 is 0 Å². The summed E-state index contributed by atoms with van der Waals surface area (Å²) in [5.41, 5.74) is 3.80. The van der Waals surface area contributed by atoms with Gasteiger partial charge in [0, 0.05) is 63.8 Å². The number of anilines is 1. The van der Waals surface area contributed by atoms with Gasteiger partial charge in [-0.15, -0.1) is 0 Å². The lowest BCUT2D eigenvalue weighted by atomic mass is 9.83. The number of carboxylic acid groups (broad SMARTS) is 1. The molecule has 4 aliphatic rings. The number of phenols is 1. The number of nitrogens with one attached hydrogen (secondary N) is 1. The number of hydrogen-bond acceptors (Lipinski definition) is 6. The fraction of sp³-hybridized carbons (Fsp3) is 0.571. The lowest BCUT2D eigenvalue weighted by Crippen LogP contribution is -2.69. The third-order valence-corrected chi connectivity index (χ3v) is 10.7. The zero-order valence-electron chi connectivity index (χ0n) is 27.0. The number of benzene rings is 2. The first kappa shape index (κ1) is 32.1. The van der Waals surface area contributed by atoms with Crippen molar-refractivity contribution in [3.8, 4) is 5.75 Å². The number of urea groups is 1. The van der Waals surface area contributed by atoms with E-state index in [1.165, 1.54) is 4.90 Å². The first-order chi connectivity index (χ1) is 22.2.